The van der Waals surface area contributed by atoms with Crippen LogP contribution in [0.15, 0.2) is 59.1 Å². The highest BCUT2D eigenvalue weighted by atomic mass is 79.9. The Morgan fingerprint density at radius 3 is 2.34 bits per heavy atom. The Morgan fingerprint density at radius 2 is 1.69 bits per heavy atom. The zero-order valence-electron chi connectivity index (χ0n) is 20.3. The fraction of sp³-hybridized carbons (Fsp3) is 0.500. The minimum atomic E-state index is -0.250. The number of nitrogens with one attached hydrogen (secondary N) is 1. The largest absolute Gasteiger partial charge is 0.338 e. The van der Waals surface area contributed by atoms with Gasteiger partial charge in [-0.25, -0.2) is 0 Å². The topological polar surface area (TPSA) is 52.7 Å². The van der Waals surface area contributed by atoms with E-state index in [-0.39, 0.29) is 35.6 Å². The number of Topliss-reactive ketones (excluding diaryl/α,β-unsaturated/α-hetero) is 1. The molecule has 3 fully saturated rings. The minimum Gasteiger partial charge on any atom is -0.338 e. The number of carbonyl (C=O) groups is 2. The molecule has 1 N–H and O–H groups in total. The van der Waals surface area contributed by atoms with Crippen molar-refractivity contribution < 1.29 is 9.59 Å². The molecule has 1 amide bonds. The molecule has 1 spiro atoms. The lowest BCUT2D eigenvalue weighted by atomic mass is 9.75. The number of amides is 1. The number of hydrogen-bond donors (Lipinski definition) is 1. The number of hydrogen-bond acceptors (Lipinski definition) is 4. The van der Waals surface area contributed by atoms with Gasteiger partial charge in [-0.15, -0.1) is 12.4 Å². The summed E-state index contributed by atoms with van der Waals surface area (Å²) in [6, 6.07) is 18.7. The summed E-state index contributed by atoms with van der Waals surface area (Å²) in [7, 11) is 0. The molecule has 0 bridgehead atoms. The van der Waals surface area contributed by atoms with Gasteiger partial charge in [-0.05, 0) is 62.5 Å². The number of ketones is 1. The first-order chi connectivity index (χ1) is 16.5. The highest BCUT2D eigenvalue weighted by Gasteiger charge is 2.50. The van der Waals surface area contributed by atoms with Gasteiger partial charge in [0.25, 0.3) is 0 Å². The average Bonchev–Trinajstić information content (AvgIpc) is 3.43. The van der Waals surface area contributed by atoms with Crippen molar-refractivity contribution in [1.29, 1.82) is 0 Å². The van der Waals surface area contributed by atoms with E-state index in [4.69, 9.17) is 0 Å². The highest BCUT2D eigenvalue weighted by molar-refractivity contribution is 9.10. The molecule has 0 saturated carbocycles. The molecule has 3 aliphatic heterocycles. The Bertz CT molecular complexity index is 1020. The summed E-state index contributed by atoms with van der Waals surface area (Å²) in [5, 5.41) is 3.54. The number of nitrogens with zero attached hydrogens (tertiary/aromatic N) is 2. The maximum absolute atomic E-state index is 13.5. The number of halogens is 2. The Labute approximate surface area is 223 Å². The SMILES string of the molecule is CC(=O)C([C@@H]1CNC[C@@H]1c1ccccc1)N1CCC2(CCN(Cc3ccc(Br)cc3)C2=O)CC1.Cl. The summed E-state index contributed by atoms with van der Waals surface area (Å²) < 4.78 is 1.06. The summed E-state index contributed by atoms with van der Waals surface area (Å²) in [6.45, 7) is 6.68. The molecule has 3 atom stereocenters. The van der Waals surface area contributed by atoms with E-state index >= 15 is 0 Å². The molecule has 7 heteroatoms. The molecule has 35 heavy (non-hydrogen) atoms. The van der Waals surface area contributed by atoms with Crippen LogP contribution in [0.4, 0.5) is 0 Å². The molecular formula is C28H35BrClN3O2. The van der Waals surface area contributed by atoms with E-state index in [2.05, 4.69) is 62.5 Å². The molecule has 2 aromatic rings. The number of carbonyl (C=O) groups excluding carboxylic acids is 2. The lowest BCUT2D eigenvalue weighted by Gasteiger charge is -2.43. The monoisotopic (exact) mass is 559 g/mol. The van der Waals surface area contributed by atoms with E-state index in [0.717, 1.165) is 56.5 Å². The summed E-state index contributed by atoms with van der Waals surface area (Å²) >= 11 is 3.48. The number of rotatable bonds is 6. The first kappa shape index (κ1) is 26.3. The molecule has 3 saturated heterocycles. The van der Waals surface area contributed by atoms with Crippen LogP contribution in [0.5, 0.6) is 0 Å². The highest BCUT2D eigenvalue weighted by Crippen LogP contribution is 2.44. The Kier molecular flexibility index (Phi) is 8.37. The van der Waals surface area contributed by atoms with Crippen molar-refractivity contribution in [2.75, 3.05) is 32.7 Å². The van der Waals surface area contributed by atoms with Crippen molar-refractivity contribution >= 4 is 40.0 Å². The third-order valence-electron chi connectivity index (χ3n) is 8.35. The van der Waals surface area contributed by atoms with E-state index in [9.17, 15) is 9.59 Å². The summed E-state index contributed by atoms with van der Waals surface area (Å²) in [6.07, 6.45) is 2.63. The molecule has 0 aliphatic carbocycles. The van der Waals surface area contributed by atoms with Gasteiger partial charge in [-0.3, -0.25) is 14.5 Å². The fourth-order valence-corrected chi connectivity index (χ4v) is 6.74. The van der Waals surface area contributed by atoms with Crippen LogP contribution in [0.1, 0.15) is 43.2 Å². The molecule has 2 aromatic carbocycles. The zero-order valence-corrected chi connectivity index (χ0v) is 22.7. The predicted octanol–water partition coefficient (Wildman–Crippen LogP) is 4.65. The molecule has 1 unspecified atom stereocenters. The van der Waals surface area contributed by atoms with Gasteiger partial charge in [-0.2, -0.15) is 0 Å². The van der Waals surface area contributed by atoms with Gasteiger partial charge in [0.05, 0.1) is 11.5 Å². The Balaban J connectivity index is 0.00000289. The molecule has 0 radical (unpaired) electrons. The second kappa shape index (κ2) is 11.1. The third kappa shape index (κ3) is 5.36. The van der Waals surface area contributed by atoms with Gasteiger partial charge in [0.2, 0.25) is 5.91 Å². The van der Waals surface area contributed by atoms with Crippen molar-refractivity contribution in [2.24, 2.45) is 11.3 Å². The average molecular weight is 561 g/mol. The van der Waals surface area contributed by atoms with Gasteiger partial charge in [0.1, 0.15) is 5.78 Å². The van der Waals surface area contributed by atoms with E-state index in [1.54, 1.807) is 6.92 Å². The molecule has 5 nitrogen and oxygen atoms in total. The molecule has 0 aromatic heterocycles. The van der Waals surface area contributed by atoms with Crippen LogP contribution in [0.2, 0.25) is 0 Å². The van der Waals surface area contributed by atoms with Gasteiger partial charge in [0, 0.05) is 42.5 Å². The predicted molar refractivity (Wildman–Crippen MR) is 145 cm³/mol. The molecule has 5 rings (SSSR count). The first-order valence-electron chi connectivity index (χ1n) is 12.5. The smallest absolute Gasteiger partial charge is 0.229 e. The van der Waals surface area contributed by atoms with E-state index in [1.807, 2.05) is 23.1 Å². The standard InChI is InChI=1S/C28H34BrN3O2.ClH/c1-20(33)26(25-18-30-17-24(25)22-5-3-2-4-6-22)31-14-11-28(12-15-31)13-16-32(27(28)34)19-21-7-9-23(29)10-8-21;/h2-10,24-26,30H,11-19H2,1H3;1H/t24-,25-,26?;/m1./s1. The lowest BCUT2D eigenvalue weighted by Crippen LogP contribution is -2.53. The van der Waals surface area contributed by atoms with E-state index in [0.29, 0.717) is 18.4 Å². The fourth-order valence-electron chi connectivity index (χ4n) is 6.47. The van der Waals surface area contributed by atoms with Crippen LogP contribution in [0.25, 0.3) is 0 Å². The summed E-state index contributed by atoms with van der Waals surface area (Å²) in [5.41, 5.74) is 2.23. The zero-order chi connectivity index (χ0) is 23.7. The third-order valence-corrected chi connectivity index (χ3v) is 8.88. The van der Waals surface area contributed by atoms with Gasteiger partial charge < -0.3 is 10.2 Å². The van der Waals surface area contributed by atoms with Crippen LogP contribution in [0.3, 0.4) is 0 Å². The van der Waals surface area contributed by atoms with Crippen LogP contribution in [-0.4, -0.2) is 60.3 Å². The first-order valence-corrected chi connectivity index (χ1v) is 13.3. The van der Waals surface area contributed by atoms with Crippen molar-refractivity contribution in [1.82, 2.24) is 15.1 Å². The molecule has 3 heterocycles. The number of piperidine rings is 1. The molecule has 188 valence electrons. The van der Waals surface area contributed by atoms with E-state index in [1.165, 1.54) is 11.1 Å². The van der Waals surface area contributed by atoms with Crippen molar-refractivity contribution in [2.45, 2.75) is 44.7 Å². The molecular weight excluding hydrogens is 526 g/mol. The second-order valence-electron chi connectivity index (χ2n) is 10.3. The van der Waals surface area contributed by atoms with Crippen LogP contribution < -0.4 is 5.32 Å². The van der Waals surface area contributed by atoms with Crippen molar-refractivity contribution in [3.63, 3.8) is 0 Å². The Morgan fingerprint density at radius 1 is 1.03 bits per heavy atom. The Hall–Kier alpha value is -1.73. The van der Waals surface area contributed by atoms with Gasteiger partial charge in [-0.1, -0.05) is 58.4 Å². The van der Waals surface area contributed by atoms with Crippen molar-refractivity contribution in [3.8, 4) is 0 Å². The molecule has 3 aliphatic rings. The summed E-state index contributed by atoms with van der Waals surface area (Å²) in [4.78, 5) is 30.8. The second-order valence-corrected chi connectivity index (χ2v) is 11.2. The maximum Gasteiger partial charge on any atom is 0.229 e. The van der Waals surface area contributed by atoms with Crippen LogP contribution in [0, 0.1) is 11.3 Å². The van der Waals surface area contributed by atoms with Gasteiger partial charge >= 0.3 is 0 Å². The van der Waals surface area contributed by atoms with Gasteiger partial charge in [0.15, 0.2) is 0 Å². The van der Waals surface area contributed by atoms with Crippen LogP contribution >= 0.6 is 28.3 Å². The quantitative estimate of drug-likeness (QED) is 0.559. The van der Waals surface area contributed by atoms with Crippen molar-refractivity contribution in [3.05, 3.63) is 70.2 Å². The van der Waals surface area contributed by atoms with Crippen LogP contribution in [-0.2, 0) is 16.1 Å². The normalized spacial score (nSPS) is 25.0. The maximum atomic E-state index is 13.5. The minimum absolute atomic E-state index is 0. The number of likely N-dealkylation sites (tertiary alicyclic amines) is 2. The lowest BCUT2D eigenvalue weighted by molar-refractivity contribution is -0.139. The number of benzene rings is 2. The van der Waals surface area contributed by atoms with E-state index < -0.39 is 0 Å². The summed E-state index contributed by atoms with van der Waals surface area (Å²) in [5.74, 6) is 1.17.